The minimum Gasteiger partial charge on any atom is -0.299 e. The van der Waals surface area contributed by atoms with E-state index in [1.165, 1.54) is 13.0 Å². The zero-order valence-electron chi connectivity index (χ0n) is 7.56. The Labute approximate surface area is 99.0 Å². The summed E-state index contributed by atoms with van der Waals surface area (Å²) in [5.41, 5.74) is 0.926. The summed E-state index contributed by atoms with van der Waals surface area (Å²) < 4.78 is 13.3. The zero-order chi connectivity index (χ0) is 10.7. The van der Waals surface area contributed by atoms with Crippen LogP contribution in [0.3, 0.4) is 0 Å². The van der Waals surface area contributed by atoms with Gasteiger partial charge in [-0.3, -0.25) is 4.79 Å². The Balaban J connectivity index is 2.78. The lowest BCUT2D eigenvalue weighted by Gasteiger charge is -2.06. The third-order valence-corrected chi connectivity index (χ3v) is 3.42. The normalized spacial score (nSPS) is 12.6. The third-order valence-electron chi connectivity index (χ3n) is 1.84. The van der Waals surface area contributed by atoms with E-state index in [1.54, 1.807) is 12.1 Å². The fourth-order valence-corrected chi connectivity index (χ4v) is 1.82. The quantitative estimate of drug-likeness (QED) is 0.778. The Morgan fingerprint density at radius 1 is 1.57 bits per heavy atom. The molecule has 1 aromatic rings. The molecule has 1 aromatic carbocycles. The monoisotopic (exact) mass is 322 g/mol. The highest BCUT2D eigenvalue weighted by molar-refractivity contribution is 9.10. The van der Waals surface area contributed by atoms with Crippen LogP contribution in [-0.2, 0) is 11.2 Å². The van der Waals surface area contributed by atoms with Gasteiger partial charge in [0.05, 0.1) is 9.30 Å². The van der Waals surface area contributed by atoms with Gasteiger partial charge in [0, 0.05) is 0 Å². The minimum atomic E-state index is -0.289. The SMILES string of the molecule is CC(=O)C(Br)Cc1ccc(F)c(Br)c1. The van der Waals surface area contributed by atoms with Gasteiger partial charge in [-0.1, -0.05) is 22.0 Å². The van der Waals surface area contributed by atoms with Crippen LogP contribution in [0.4, 0.5) is 4.39 Å². The fourth-order valence-electron chi connectivity index (χ4n) is 1.02. The van der Waals surface area contributed by atoms with Crippen LogP contribution >= 0.6 is 31.9 Å². The van der Waals surface area contributed by atoms with Crippen molar-refractivity contribution in [2.45, 2.75) is 18.2 Å². The number of hydrogen-bond acceptors (Lipinski definition) is 1. The van der Waals surface area contributed by atoms with E-state index in [-0.39, 0.29) is 16.4 Å². The van der Waals surface area contributed by atoms with Crippen molar-refractivity contribution in [3.05, 3.63) is 34.1 Å². The van der Waals surface area contributed by atoms with Crippen LogP contribution in [-0.4, -0.2) is 10.6 Å². The summed E-state index contributed by atoms with van der Waals surface area (Å²) >= 11 is 6.36. The summed E-state index contributed by atoms with van der Waals surface area (Å²) in [4.78, 5) is 10.8. The molecule has 0 spiro atoms. The maximum atomic E-state index is 12.9. The summed E-state index contributed by atoms with van der Waals surface area (Å²) in [6.07, 6.45) is 0.578. The highest BCUT2D eigenvalue weighted by Gasteiger charge is 2.11. The highest BCUT2D eigenvalue weighted by Crippen LogP contribution is 2.19. The number of Topliss-reactive ketones (excluding diaryl/α,β-unsaturated/α-hetero) is 1. The number of benzene rings is 1. The first kappa shape index (κ1) is 11.9. The standard InChI is InChI=1S/C10H9Br2FO/c1-6(14)8(11)4-7-2-3-10(13)9(12)5-7/h2-3,5,8H,4H2,1H3. The summed E-state index contributed by atoms with van der Waals surface area (Å²) in [5, 5.41) is 0. The van der Waals surface area contributed by atoms with Gasteiger partial charge in [0.1, 0.15) is 11.6 Å². The molecule has 4 heteroatoms. The van der Waals surface area contributed by atoms with E-state index in [0.717, 1.165) is 5.56 Å². The van der Waals surface area contributed by atoms with E-state index in [4.69, 9.17) is 0 Å². The molecule has 1 unspecified atom stereocenters. The Morgan fingerprint density at radius 2 is 2.21 bits per heavy atom. The summed E-state index contributed by atoms with van der Waals surface area (Å²) in [7, 11) is 0. The van der Waals surface area contributed by atoms with Crippen molar-refractivity contribution in [2.75, 3.05) is 0 Å². The molecular formula is C10H9Br2FO. The number of alkyl halides is 1. The Kier molecular flexibility index (Phi) is 4.26. The second-order valence-corrected chi connectivity index (χ2v) is 4.99. The molecule has 0 N–H and O–H groups in total. The van der Waals surface area contributed by atoms with Crippen LogP contribution in [0.1, 0.15) is 12.5 Å². The molecule has 1 rings (SSSR count). The Bertz CT molecular complexity index is 352. The van der Waals surface area contributed by atoms with Crippen LogP contribution in [0, 0.1) is 5.82 Å². The predicted octanol–water partition coefficient (Wildman–Crippen LogP) is 3.48. The van der Waals surface area contributed by atoms with Crippen molar-refractivity contribution in [3.63, 3.8) is 0 Å². The van der Waals surface area contributed by atoms with E-state index < -0.39 is 0 Å². The number of hydrogen-bond donors (Lipinski definition) is 0. The molecule has 14 heavy (non-hydrogen) atoms. The molecule has 0 saturated carbocycles. The summed E-state index contributed by atoms with van der Waals surface area (Å²) in [5.74, 6) is -0.215. The van der Waals surface area contributed by atoms with Gasteiger partial charge in [-0.15, -0.1) is 0 Å². The predicted molar refractivity (Wildman–Crippen MR) is 61.2 cm³/mol. The molecule has 0 heterocycles. The maximum Gasteiger partial charge on any atom is 0.143 e. The number of carbonyl (C=O) groups excluding carboxylic acids is 1. The first-order valence-electron chi connectivity index (χ1n) is 4.09. The topological polar surface area (TPSA) is 17.1 Å². The van der Waals surface area contributed by atoms with Gasteiger partial charge in [-0.05, 0) is 47.0 Å². The molecule has 0 fully saturated rings. The highest BCUT2D eigenvalue weighted by atomic mass is 79.9. The molecule has 0 bridgehead atoms. The molecule has 76 valence electrons. The lowest BCUT2D eigenvalue weighted by molar-refractivity contribution is -0.116. The zero-order valence-corrected chi connectivity index (χ0v) is 10.7. The molecule has 0 aliphatic carbocycles. The smallest absolute Gasteiger partial charge is 0.143 e. The average Bonchev–Trinajstić information content (AvgIpc) is 2.11. The van der Waals surface area contributed by atoms with Gasteiger partial charge in [0.25, 0.3) is 0 Å². The van der Waals surface area contributed by atoms with E-state index >= 15 is 0 Å². The van der Waals surface area contributed by atoms with Gasteiger partial charge >= 0.3 is 0 Å². The van der Waals surface area contributed by atoms with Crippen LogP contribution in [0.5, 0.6) is 0 Å². The Morgan fingerprint density at radius 3 is 2.71 bits per heavy atom. The molecule has 0 aromatic heterocycles. The number of halogens is 3. The second-order valence-electron chi connectivity index (χ2n) is 3.03. The van der Waals surface area contributed by atoms with Crippen molar-refractivity contribution in [1.29, 1.82) is 0 Å². The second kappa shape index (κ2) is 5.03. The minimum absolute atomic E-state index is 0.0745. The van der Waals surface area contributed by atoms with Gasteiger partial charge in [-0.25, -0.2) is 4.39 Å². The van der Waals surface area contributed by atoms with E-state index in [0.29, 0.717) is 10.9 Å². The summed E-state index contributed by atoms with van der Waals surface area (Å²) in [6, 6.07) is 4.75. The van der Waals surface area contributed by atoms with Gasteiger partial charge < -0.3 is 0 Å². The number of carbonyl (C=O) groups is 1. The first-order valence-corrected chi connectivity index (χ1v) is 5.80. The van der Waals surface area contributed by atoms with Crippen LogP contribution in [0.15, 0.2) is 22.7 Å². The van der Waals surface area contributed by atoms with Crippen molar-refractivity contribution in [3.8, 4) is 0 Å². The van der Waals surface area contributed by atoms with Crippen molar-refractivity contribution in [2.24, 2.45) is 0 Å². The maximum absolute atomic E-state index is 12.9. The van der Waals surface area contributed by atoms with Gasteiger partial charge in [0.2, 0.25) is 0 Å². The first-order chi connectivity index (χ1) is 6.50. The summed E-state index contributed by atoms with van der Waals surface area (Å²) in [6.45, 7) is 1.53. The molecule has 1 atom stereocenters. The van der Waals surface area contributed by atoms with Crippen molar-refractivity contribution in [1.82, 2.24) is 0 Å². The number of rotatable bonds is 3. The Hall–Kier alpha value is -0.220. The molecule has 1 nitrogen and oxygen atoms in total. The molecule has 0 amide bonds. The fraction of sp³-hybridized carbons (Fsp3) is 0.300. The van der Waals surface area contributed by atoms with Crippen LogP contribution in [0.2, 0.25) is 0 Å². The lowest BCUT2D eigenvalue weighted by Crippen LogP contribution is -2.12. The largest absolute Gasteiger partial charge is 0.299 e. The lowest BCUT2D eigenvalue weighted by atomic mass is 10.1. The van der Waals surface area contributed by atoms with Crippen molar-refractivity contribution >= 4 is 37.6 Å². The van der Waals surface area contributed by atoms with Gasteiger partial charge in [-0.2, -0.15) is 0 Å². The van der Waals surface area contributed by atoms with E-state index in [2.05, 4.69) is 31.9 Å². The van der Waals surface area contributed by atoms with E-state index in [9.17, 15) is 9.18 Å². The molecule has 0 aliphatic rings. The molecule has 0 saturated heterocycles. The number of ketones is 1. The third kappa shape index (κ3) is 3.17. The molecule has 0 aliphatic heterocycles. The van der Waals surface area contributed by atoms with Crippen LogP contribution < -0.4 is 0 Å². The average molecular weight is 324 g/mol. The van der Waals surface area contributed by atoms with E-state index in [1.807, 2.05) is 0 Å². The molecule has 0 radical (unpaired) electrons. The van der Waals surface area contributed by atoms with Gasteiger partial charge in [0.15, 0.2) is 0 Å². The molecular weight excluding hydrogens is 315 g/mol. The van der Waals surface area contributed by atoms with Crippen molar-refractivity contribution < 1.29 is 9.18 Å². The van der Waals surface area contributed by atoms with Crippen LogP contribution in [0.25, 0.3) is 0 Å².